The summed E-state index contributed by atoms with van der Waals surface area (Å²) in [5.74, 6) is 0.735. The second kappa shape index (κ2) is 9.27. The van der Waals surface area contributed by atoms with Crippen LogP contribution in [-0.2, 0) is 6.54 Å². The molecule has 3 N–H and O–H groups in total. The van der Waals surface area contributed by atoms with E-state index in [2.05, 4.69) is 52.0 Å². The van der Waals surface area contributed by atoms with E-state index in [1.54, 1.807) is 6.33 Å². The number of amides is 2. The Bertz CT molecular complexity index is 1440. The molecule has 0 atom stereocenters. The molecule has 4 aromatic rings. The van der Waals surface area contributed by atoms with Gasteiger partial charge in [-0.2, -0.15) is 0 Å². The fraction of sp³-hybridized carbons (Fsp3) is 0.385. The van der Waals surface area contributed by atoms with E-state index >= 15 is 0 Å². The van der Waals surface area contributed by atoms with Gasteiger partial charge in [0.05, 0.1) is 23.0 Å². The van der Waals surface area contributed by atoms with Crippen molar-refractivity contribution in [2.45, 2.75) is 39.3 Å². The van der Waals surface area contributed by atoms with Crippen molar-refractivity contribution in [1.29, 1.82) is 0 Å². The number of aromatic nitrogens is 5. The van der Waals surface area contributed by atoms with Crippen molar-refractivity contribution >= 4 is 39.8 Å². The third kappa shape index (κ3) is 5.03. The number of anilines is 2. The van der Waals surface area contributed by atoms with Crippen molar-refractivity contribution in [3.63, 3.8) is 0 Å². The number of aromatic amines is 1. The van der Waals surface area contributed by atoms with Gasteiger partial charge in [-0.15, -0.1) is 0 Å². The Balaban J connectivity index is 1.37. The van der Waals surface area contributed by atoms with Gasteiger partial charge in [-0.25, -0.2) is 19.7 Å². The van der Waals surface area contributed by atoms with Gasteiger partial charge >= 0.3 is 6.03 Å². The highest BCUT2D eigenvalue weighted by Crippen LogP contribution is 2.29. The van der Waals surface area contributed by atoms with Crippen LogP contribution in [0.15, 0.2) is 43.0 Å². The van der Waals surface area contributed by atoms with E-state index in [0.29, 0.717) is 13.1 Å². The Morgan fingerprint density at radius 1 is 1.19 bits per heavy atom. The number of carbonyl (C=O) groups is 1. The summed E-state index contributed by atoms with van der Waals surface area (Å²) < 4.78 is 2.09. The molecule has 2 amide bonds. The van der Waals surface area contributed by atoms with Gasteiger partial charge in [0, 0.05) is 37.1 Å². The van der Waals surface area contributed by atoms with Crippen LogP contribution in [-0.4, -0.2) is 72.9 Å². The summed E-state index contributed by atoms with van der Waals surface area (Å²) in [6.45, 7) is 8.01. The number of rotatable bonds is 5. The van der Waals surface area contributed by atoms with E-state index in [-0.39, 0.29) is 11.6 Å². The normalized spacial score (nSPS) is 14.5. The number of H-pyrrole nitrogens is 1. The lowest BCUT2D eigenvalue weighted by Gasteiger charge is -2.30. The maximum absolute atomic E-state index is 12.5. The van der Waals surface area contributed by atoms with Crippen LogP contribution < -0.4 is 10.6 Å². The number of hydrogen-bond donors (Lipinski definition) is 3. The minimum Gasteiger partial charge on any atom is -0.339 e. The second-order valence-corrected chi connectivity index (χ2v) is 10.5. The summed E-state index contributed by atoms with van der Waals surface area (Å²) in [6.07, 6.45) is 8.39. The van der Waals surface area contributed by atoms with E-state index in [0.717, 1.165) is 52.5 Å². The number of fused-ring (bicyclic) bond motifs is 2. The van der Waals surface area contributed by atoms with Gasteiger partial charge in [-0.3, -0.25) is 0 Å². The summed E-state index contributed by atoms with van der Waals surface area (Å²) in [5.41, 5.74) is 5.63. The van der Waals surface area contributed by atoms with E-state index in [9.17, 15) is 4.79 Å². The van der Waals surface area contributed by atoms with Crippen LogP contribution >= 0.6 is 0 Å². The van der Waals surface area contributed by atoms with Crippen LogP contribution in [0.4, 0.5) is 16.3 Å². The molecule has 1 aliphatic heterocycles. The zero-order valence-electron chi connectivity index (χ0n) is 21.5. The van der Waals surface area contributed by atoms with Gasteiger partial charge in [-0.05, 0) is 65.1 Å². The second-order valence-electron chi connectivity index (χ2n) is 10.5. The van der Waals surface area contributed by atoms with Crippen LogP contribution in [0.2, 0.25) is 0 Å². The Morgan fingerprint density at radius 2 is 2.03 bits per heavy atom. The molecule has 1 aliphatic rings. The Hall–Kier alpha value is -3.92. The third-order valence-corrected chi connectivity index (χ3v) is 6.07. The fourth-order valence-electron chi connectivity index (χ4n) is 4.39. The first kappa shape index (κ1) is 23.8. The quantitative estimate of drug-likeness (QED) is 0.393. The molecule has 188 valence electrons. The van der Waals surface area contributed by atoms with Gasteiger partial charge in [0.1, 0.15) is 23.4 Å². The molecule has 0 spiro atoms. The molecule has 10 nitrogen and oxygen atoms in total. The van der Waals surface area contributed by atoms with Crippen molar-refractivity contribution in [2.75, 3.05) is 32.5 Å². The Labute approximate surface area is 210 Å². The lowest BCUT2D eigenvalue weighted by atomic mass is 10.0. The van der Waals surface area contributed by atoms with Gasteiger partial charge in [0.2, 0.25) is 0 Å². The van der Waals surface area contributed by atoms with Crippen molar-refractivity contribution < 1.29 is 4.79 Å². The Kier molecular flexibility index (Phi) is 6.13. The minimum absolute atomic E-state index is 0.0320. The van der Waals surface area contributed by atoms with Crippen LogP contribution in [0.3, 0.4) is 0 Å². The lowest BCUT2D eigenvalue weighted by Crippen LogP contribution is -2.49. The molecule has 36 heavy (non-hydrogen) atoms. The van der Waals surface area contributed by atoms with Crippen molar-refractivity contribution in [3.8, 4) is 0 Å². The molecule has 0 saturated carbocycles. The molecule has 0 bridgehead atoms. The van der Waals surface area contributed by atoms with Gasteiger partial charge in [0.25, 0.3) is 0 Å². The van der Waals surface area contributed by atoms with Crippen LogP contribution in [0, 0.1) is 0 Å². The monoisotopic (exact) mass is 487 g/mol. The maximum atomic E-state index is 12.5. The molecule has 0 fully saturated rings. The number of nitrogens with one attached hydrogen (secondary N) is 3. The molecule has 0 aromatic carbocycles. The fourth-order valence-corrected chi connectivity index (χ4v) is 4.39. The third-order valence-electron chi connectivity index (χ3n) is 6.07. The molecule has 10 heteroatoms. The standard InChI is InChI=1S/C26H33N9O/c1-26(2,3)32-25(36)34-10-8-17(9-11-34)21-12-20-23(28-16-29-24(20)31-21)30-18-6-7-22-27-13-19(15-33(4)5)35(22)14-18/h6-8,12-14,16H,9-11,15H2,1-5H3,(H,32,36)(H2,28,29,30,31). The van der Waals surface area contributed by atoms with Crippen molar-refractivity contribution in [1.82, 2.24) is 39.5 Å². The molecule has 5 heterocycles. The largest absolute Gasteiger partial charge is 0.339 e. The predicted molar refractivity (Wildman–Crippen MR) is 142 cm³/mol. The van der Waals surface area contributed by atoms with E-state index in [1.165, 1.54) is 5.57 Å². The van der Waals surface area contributed by atoms with E-state index < -0.39 is 0 Å². The summed E-state index contributed by atoms with van der Waals surface area (Å²) >= 11 is 0. The van der Waals surface area contributed by atoms with Crippen LogP contribution in [0.5, 0.6) is 0 Å². The van der Waals surface area contributed by atoms with Gasteiger partial charge < -0.3 is 29.8 Å². The summed E-state index contributed by atoms with van der Waals surface area (Å²) in [5, 5.41) is 7.41. The molecule has 4 aromatic heterocycles. The lowest BCUT2D eigenvalue weighted by molar-refractivity contribution is 0.193. The summed E-state index contributed by atoms with van der Waals surface area (Å²) in [7, 11) is 4.09. The minimum atomic E-state index is -0.253. The molecular formula is C26H33N9O. The molecule has 0 radical (unpaired) electrons. The number of urea groups is 1. The highest BCUT2D eigenvalue weighted by molar-refractivity contribution is 5.92. The number of carbonyl (C=O) groups excluding carboxylic acids is 1. The predicted octanol–water partition coefficient (Wildman–Crippen LogP) is 4.01. The Morgan fingerprint density at radius 3 is 2.75 bits per heavy atom. The van der Waals surface area contributed by atoms with Crippen molar-refractivity contribution in [2.24, 2.45) is 0 Å². The van der Waals surface area contributed by atoms with E-state index in [1.807, 2.05) is 64.3 Å². The zero-order valence-corrected chi connectivity index (χ0v) is 21.5. The topological polar surface area (TPSA) is 106 Å². The zero-order chi connectivity index (χ0) is 25.4. The number of imidazole rings is 1. The maximum Gasteiger partial charge on any atom is 0.318 e. The SMILES string of the molecule is CN(C)Cc1cnc2ccc(Nc3ncnc4[nH]c(C5=CCN(C(=O)NC(C)(C)C)CC5)cc34)cn12. The van der Waals surface area contributed by atoms with Gasteiger partial charge in [0.15, 0.2) is 0 Å². The first-order chi connectivity index (χ1) is 17.2. The first-order valence-electron chi connectivity index (χ1n) is 12.1. The van der Waals surface area contributed by atoms with E-state index in [4.69, 9.17) is 0 Å². The van der Waals surface area contributed by atoms with Crippen LogP contribution in [0.25, 0.3) is 22.3 Å². The molecule has 0 aliphatic carbocycles. The highest BCUT2D eigenvalue weighted by Gasteiger charge is 2.22. The molecule has 0 unspecified atom stereocenters. The highest BCUT2D eigenvalue weighted by atomic mass is 16.2. The summed E-state index contributed by atoms with van der Waals surface area (Å²) in [6, 6.07) is 6.05. The first-order valence-corrected chi connectivity index (χ1v) is 12.1. The van der Waals surface area contributed by atoms with Gasteiger partial charge in [-0.1, -0.05) is 6.08 Å². The summed E-state index contributed by atoms with van der Waals surface area (Å²) in [4.78, 5) is 33.3. The average Bonchev–Trinajstić information content (AvgIpc) is 3.43. The molecular weight excluding hydrogens is 454 g/mol. The number of pyridine rings is 1. The smallest absolute Gasteiger partial charge is 0.318 e. The van der Waals surface area contributed by atoms with Crippen LogP contribution in [0.1, 0.15) is 38.6 Å². The number of hydrogen-bond acceptors (Lipinski definition) is 6. The molecule has 5 rings (SSSR count). The number of nitrogens with zero attached hydrogens (tertiary/aromatic N) is 6. The van der Waals surface area contributed by atoms with Crippen molar-refractivity contribution in [3.05, 3.63) is 54.4 Å². The average molecular weight is 488 g/mol. The molecule has 0 saturated heterocycles.